The number of H-pyrrole nitrogens is 1. The molecule has 32 heavy (non-hydrogen) atoms. The number of benzene rings is 1. The Morgan fingerprint density at radius 3 is 2.62 bits per heavy atom. The Hall–Kier alpha value is -3.00. The first-order valence-corrected chi connectivity index (χ1v) is 11.8. The predicted molar refractivity (Wildman–Crippen MR) is 125 cm³/mol. The summed E-state index contributed by atoms with van der Waals surface area (Å²) in [6.45, 7) is 6.88. The number of hydrogen-bond donors (Lipinski definition) is 1. The number of carbonyl (C=O) groups is 2. The van der Waals surface area contributed by atoms with E-state index in [0.717, 1.165) is 28.9 Å². The van der Waals surface area contributed by atoms with Crippen molar-refractivity contribution in [2.45, 2.75) is 52.1 Å². The van der Waals surface area contributed by atoms with Gasteiger partial charge in [0.15, 0.2) is 0 Å². The third-order valence-corrected chi connectivity index (χ3v) is 7.06. The number of hydrogen-bond acceptors (Lipinski definition) is 5. The molecule has 4 rings (SSSR count). The Morgan fingerprint density at radius 2 is 2.00 bits per heavy atom. The molecule has 3 aromatic rings. The van der Waals surface area contributed by atoms with Gasteiger partial charge in [0.1, 0.15) is 11.9 Å². The lowest BCUT2D eigenvalue weighted by Crippen LogP contribution is -2.47. The maximum Gasteiger partial charge on any atom is 0.245 e. The SMILES string of the molecule is Cc1cnc(C(C)C(=O)N2CCCC2C(=O)N(C)Cc2ccc(-c3scnc3C)cc2)[nH]1. The van der Waals surface area contributed by atoms with Crippen LogP contribution in [0.25, 0.3) is 10.4 Å². The highest BCUT2D eigenvalue weighted by Crippen LogP contribution is 2.28. The number of nitrogens with one attached hydrogen (secondary N) is 1. The molecule has 1 fully saturated rings. The Bertz CT molecular complexity index is 1100. The molecule has 0 saturated carbocycles. The molecule has 7 nitrogen and oxygen atoms in total. The van der Waals surface area contributed by atoms with Crippen LogP contribution in [0.1, 0.15) is 48.5 Å². The number of aryl methyl sites for hydroxylation is 2. The molecular weight excluding hydrogens is 422 g/mol. The minimum atomic E-state index is -0.412. The third-order valence-electron chi connectivity index (χ3n) is 6.08. The summed E-state index contributed by atoms with van der Waals surface area (Å²) in [6, 6.07) is 7.85. The standard InChI is InChI=1S/C24H29N5O2S/c1-15-12-25-22(27-15)16(2)23(30)29-11-5-6-20(29)24(31)28(4)13-18-7-9-19(10-8-18)21-17(3)26-14-32-21/h7-10,12,14,16,20H,5-6,11,13H2,1-4H3,(H,25,27). The lowest BCUT2D eigenvalue weighted by molar-refractivity contribution is -0.144. The molecule has 8 heteroatoms. The molecule has 0 aliphatic carbocycles. The number of imidazole rings is 1. The van der Waals surface area contributed by atoms with Crippen LogP contribution in [0.2, 0.25) is 0 Å². The van der Waals surface area contributed by atoms with Gasteiger partial charge in [0.2, 0.25) is 11.8 Å². The van der Waals surface area contributed by atoms with Crippen LogP contribution in [0.3, 0.4) is 0 Å². The van der Waals surface area contributed by atoms with Crippen LogP contribution in [0.4, 0.5) is 0 Å². The normalized spacial score (nSPS) is 16.9. The Balaban J connectivity index is 1.41. The highest BCUT2D eigenvalue weighted by Gasteiger charge is 2.38. The van der Waals surface area contributed by atoms with Gasteiger partial charge in [-0.25, -0.2) is 9.97 Å². The minimum Gasteiger partial charge on any atom is -0.345 e. The largest absolute Gasteiger partial charge is 0.345 e. The lowest BCUT2D eigenvalue weighted by atomic mass is 10.1. The first kappa shape index (κ1) is 22.2. The van der Waals surface area contributed by atoms with Crippen molar-refractivity contribution in [1.29, 1.82) is 0 Å². The summed E-state index contributed by atoms with van der Waals surface area (Å²) in [5.74, 6) is 0.189. The van der Waals surface area contributed by atoms with Crippen molar-refractivity contribution >= 4 is 23.2 Å². The van der Waals surface area contributed by atoms with E-state index in [1.165, 1.54) is 4.88 Å². The molecule has 3 heterocycles. The summed E-state index contributed by atoms with van der Waals surface area (Å²) in [5.41, 5.74) is 6.00. The summed E-state index contributed by atoms with van der Waals surface area (Å²) >= 11 is 1.63. The summed E-state index contributed by atoms with van der Waals surface area (Å²) in [4.78, 5) is 42.7. The van der Waals surface area contributed by atoms with Crippen molar-refractivity contribution < 1.29 is 9.59 Å². The van der Waals surface area contributed by atoms with Crippen LogP contribution >= 0.6 is 11.3 Å². The molecule has 0 bridgehead atoms. The van der Waals surface area contributed by atoms with E-state index in [0.29, 0.717) is 25.3 Å². The van der Waals surface area contributed by atoms with Crippen LogP contribution in [0.15, 0.2) is 36.0 Å². The summed E-state index contributed by atoms with van der Waals surface area (Å²) in [5, 5.41) is 0. The number of thiazole rings is 1. The smallest absolute Gasteiger partial charge is 0.245 e. The molecule has 1 aromatic carbocycles. The molecule has 2 unspecified atom stereocenters. The molecule has 1 aliphatic heterocycles. The van der Waals surface area contributed by atoms with Crippen LogP contribution in [0.5, 0.6) is 0 Å². The van der Waals surface area contributed by atoms with Gasteiger partial charge in [0, 0.05) is 32.0 Å². The predicted octanol–water partition coefficient (Wildman–Crippen LogP) is 3.90. The molecular formula is C24H29N5O2S. The van der Waals surface area contributed by atoms with Gasteiger partial charge >= 0.3 is 0 Å². The molecule has 1 aliphatic rings. The van der Waals surface area contributed by atoms with Crippen molar-refractivity contribution in [2.75, 3.05) is 13.6 Å². The second-order valence-electron chi connectivity index (χ2n) is 8.52. The summed E-state index contributed by atoms with van der Waals surface area (Å²) in [7, 11) is 1.81. The van der Waals surface area contributed by atoms with E-state index >= 15 is 0 Å². The zero-order valence-corrected chi connectivity index (χ0v) is 19.8. The second kappa shape index (κ2) is 9.24. The fourth-order valence-corrected chi connectivity index (χ4v) is 5.06. The average molecular weight is 452 g/mol. The molecule has 1 saturated heterocycles. The van der Waals surface area contributed by atoms with Gasteiger partial charge in [-0.2, -0.15) is 0 Å². The number of carbonyl (C=O) groups excluding carboxylic acids is 2. The van der Waals surface area contributed by atoms with Gasteiger partial charge in [0.25, 0.3) is 0 Å². The van der Waals surface area contributed by atoms with Crippen LogP contribution in [-0.4, -0.2) is 56.2 Å². The van der Waals surface area contributed by atoms with Crippen molar-refractivity contribution in [3.8, 4) is 10.4 Å². The first-order valence-electron chi connectivity index (χ1n) is 10.9. The van der Waals surface area contributed by atoms with Crippen molar-refractivity contribution in [2.24, 2.45) is 0 Å². The fraction of sp³-hybridized carbons (Fsp3) is 0.417. The van der Waals surface area contributed by atoms with E-state index in [4.69, 9.17) is 0 Å². The van der Waals surface area contributed by atoms with E-state index in [-0.39, 0.29) is 11.8 Å². The van der Waals surface area contributed by atoms with Crippen molar-refractivity contribution in [1.82, 2.24) is 24.8 Å². The quantitative estimate of drug-likeness (QED) is 0.616. The second-order valence-corrected chi connectivity index (χ2v) is 9.38. The third kappa shape index (κ3) is 4.46. The maximum atomic E-state index is 13.2. The number of likely N-dealkylation sites (tertiary alicyclic amines) is 1. The summed E-state index contributed by atoms with van der Waals surface area (Å²) < 4.78 is 0. The lowest BCUT2D eigenvalue weighted by Gasteiger charge is -2.29. The minimum absolute atomic E-state index is 0.0129. The average Bonchev–Trinajstić information content (AvgIpc) is 3.53. The van der Waals surface area contributed by atoms with Gasteiger partial charge in [-0.05, 0) is 44.7 Å². The number of aromatic nitrogens is 3. The van der Waals surface area contributed by atoms with Crippen LogP contribution in [-0.2, 0) is 16.1 Å². The van der Waals surface area contributed by atoms with Crippen molar-refractivity contribution in [3.05, 3.63) is 58.7 Å². The molecule has 2 amide bonds. The topological polar surface area (TPSA) is 82.2 Å². The number of likely N-dealkylation sites (N-methyl/N-ethyl adjacent to an activating group) is 1. The Labute approximate surface area is 192 Å². The number of aromatic amines is 1. The molecule has 2 atom stereocenters. The zero-order valence-electron chi connectivity index (χ0n) is 19.0. The van der Waals surface area contributed by atoms with Gasteiger partial charge in [-0.1, -0.05) is 24.3 Å². The summed E-state index contributed by atoms with van der Waals surface area (Å²) in [6.07, 6.45) is 3.26. The molecule has 1 N–H and O–H groups in total. The Kier molecular flexibility index (Phi) is 6.41. The van der Waals surface area contributed by atoms with Crippen molar-refractivity contribution in [3.63, 3.8) is 0 Å². The van der Waals surface area contributed by atoms with Gasteiger partial charge in [-0.15, -0.1) is 11.3 Å². The molecule has 0 spiro atoms. The van der Waals surface area contributed by atoms with E-state index in [1.807, 2.05) is 33.3 Å². The van der Waals surface area contributed by atoms with Crippen LogP contribution < -0.4 is 0 Å². The maximum absolute atomic E-state index is 13.2. The molecule has 2 aromatic heterocycles. The van der Waals surface area contributed by atoms with E-state index in [1.54, 1.807) is 27.3 Å². The Morgan fingerprint density at radius 1 is 1.25 bits per heavy atom. The highest BCUT2D eigenvalue weighted by molar-refractivity contribution is 7.13. The molecule has 168 valence electrons. The number of amides is 2. The molecule has 0 radical (unpaired) electrons. The van der Waals surface area contributed by atoms with Gasteiger partial charge < -0.3 is 14.8 Å². The number of nitrogens with zero attached hydrogens (tertiary/aromatic N) is 4. The fourth-order valence-electron chi connectivity index (χ4n) is 4.25. The van der Waals surface area contributed by atoms with E-state index < -0.39 is 12.0 Å². The van der Waals surface area contributed by atoms with Gasteiger partial charge in [0.05, 0.1) is 22.0 Å². The van der Waals surface area contributed by atoms with Crippen LogP contribution in [0, 0.1) is 13.8 Å². The first-order chi connectivity index (χ1) is 15.3. The zero-order chi connectivity index (χ0) is 22.8. The number of rotatable bonds is 6. The monoisotopic (exact) mass is 451 g/mol. The van der Waals surface area contributed by atoms with Gasteiger partial charge in [-0.3, -0.25) is 9.59 Å². The van der Waals surface area contributed by atoms with E-state index in [2.05, 4.69) is 39.2 Å². The van der Waals surface area contributed by atoms with E-state index in [9.17, 15) is 9.59 Å². The highest BCUT2D eigenvalue weighted by atomic mass is 32.1.